The maximum atomic E-state index is 10.3. The summed E-state index contributed by atoms with van der Waals surface area (Å²) >= 11 is 8.42. The van der Waals surface area contributed by atoms with Crippen LogP contribution in [0.3, 0.4) is 0 Å². The highest BCUT2D eigenvalue weighted by Crippen LogP contribution is 2.30. The summed E-state index contributed by atoms with van der Waals surface area (Å²) in [4.78, 5) is 14.5. The molecule has 0 N–H and O–H groups in total. The molecular formula is C9H5ClNO2S2-. The number of nitrogens with zero attached hydrogens (tertiary/aromatic N) is 1. The van der Waals surface area contributed by atoms with Crippen LogP contribution < -0.4 is 5.11 Å². The summed E-state index contributed by atoms with van der Waals surface area (Å²) in [7, 11) is 0. The molecule has 0 bridgehead atoms. The Morgan fingerprint density at radius 3 is 3.13 bits per heavy atom. The van der Waals surface area contributed by atoms with Crippen molar-refractivity contribution >= 4 is 50.9 Å². The summed E-state index contributed by atoms with van der Waals surface area (Å²) in [6.07, 6.45) is 0. The monoisotopic (exact) mass is 258 g/mol. The van der Waals surface area contributed by atoms with E-state index in [0.717, 1.165) is 26.3 Å². The first-order valence-corrected chi connectivity index (χ1v) is 6.22. The van der Waals surface area contributed by atoms with Crippen molar-refractivity contribution in [3.8, 4) is 0 Å². The van der Waals surface area contributed by atoms with E-state index >= 15 is 0 Å². The van der Waals surface area contributed by atoms with E-state index in [1.54, 1.807) is 12.1 Å². The Labute approximate surface area is 99.1 Å². The fourth-order valence-corrected chi connectivity index (χ4v) is 2.99. The van der Waals surface area contributed by atoms with E-state index in [1.807, 2.05) is 6.07 Å². The standard InChI is InChI=1S/C9H6ClNO2S2/c10-5-1-2-7-6(3-5)11-9(15-7)14-4-8(12)13/h1-3H,4H2,(H,12,13)/p-1. The average Bonchev–Trinajstić information content (AvgIpc) is 2.56. The van der Waals surface area contributed by atoms with Gasteiger partial charge in [0.25, 0.3) is 0 Å². The first-order valence-electron chi connectivity index (χ1n) is 4.04. The second kappa shape index (κ2) is 4.38. The predicted molar refractivity (Wildman–Crippen MR) is 60.4 cm³/mol. The smallest absolute Gasteiger partial charge is 0.151 e. The van der Waals surface area contributed by atoms with Crippen LogP contribution >= 0.6 is 34.7 Å². The normalized spacial score (nSPS) is 10.7. The van der Waals surface area contributed by atoms with Gasteiger partial charge in [-0.05, 0) is 18.2 Å². The van der Waals surface area contributed by atoms with Crippen LogP contribution in [0.5, 0.6) is 0 Å². The maximum absolute atomic E-state index is 10.3. The van der Waals surface area contributed by atoms with Crippen molar-refractivity contribution in [1.29, 1.82) is 0 Å². The fourth-order valence-electron chi connectivity index (χ4n) is 1.06. The molecule has 0 atom stereocenters. The van der Waals surface area contributed by atoms with Gasteiger partial charge >= 0.3 is 0 Å². The van der Waals surface area contributed by atoms with Gasteiger partial charge < -0.3 is 9.90 Å². The number of hydrogen-bond donors (Lipinski definition) is 0. The van der Waals surface area contributed by atoms with E-state index in [-0.39, 0.29) is 5.75 Å². The molecule has 2 aromatic rings. The van der Waals surface area contributed by atoms with Crippen LogP contribution in [-0.2, 0) is 4.79 Å². The average molecular weight is 259 g/mol. The lowest BCUT2D eigenvalue weighted by atomic mass is 10.3. The summed E-state index contributed by atoms with van der Waals surface area (Å²) < 4.78 is 1.72. The molecule has 0 aliphatic carbocycles. The lowest BCUT2D eigenvalue weighted by Crippen LogP contribution is -2.24. The number of carboxylic acids is 1. The number of hydrogen-bond acceptors (Lipinski definition) is 5. The SMILES string of the molecule is O=C([O-])CSc1nc2cc(Cl)ccc2s1. The summed E-state index contributed by atoms with van der Waals surface area (Å²) in [5.74, 6) is -1.16. The Morgan fingerprint density at radius 1 is 1.60 bits per heavy atom. The minimum atomic E-state index is -1.09. The Balaban J connectivity index is 2.27. The highest BCUT2D eigenvalue weighted by Gasteiger charge is 2.04. The molecule has 1 aromatic heterocycles. The summed E-state index contributed by atoms with van der Waals surface area (Å²) in [5, 5.41) is 10.9. The number of aromatic nitrogens is 1. The van der Waals surface area contributed by atoms with E-state index in [4.69, 9.17) is 11.6 Å². The summed E-state index contributed by atoms with van der Waals surface area (Å²) in [6, 6.07) is 5.42. The molecule has 0 saturated carbocycles. The molecule has 15 heavy (non-hydrogen) atoms. The van der Waals surface area contributed by atoms with Crippen molar-refractivity contribution in [2.24, 2.45) is 0 Å². The van der Waals surface area contributed by atoms with Crippen LogP contribution in [0.4, 0.5) is 0 Å². The number of thioether (sulfide) groups is 1. The molecule has 0 unspecified atom stereocenters. The topological polar surface area (TPSA) is 53.0 Å². The molecule has 0 aliphatic heterocycles. The van der Waals surface area contributed by atoms with Gasteiger partial charge in [-0.25, -0.2) is 4.98 Å². The molecule has 1 aromatic carbocycles. The number of halogens is 1. The quantitative estimate of drug-likeness (QED) is 0.788. The Hall–Kier alpha value is -0.780. The molecule has 78 valence electrons. The van der Waals surface area contributed by atoms with E-state index in [1.165, 1.54) is 11.3 Å². The van der Waals surface area contributed by atoms with Gasteiger partial charge in [0.15, 0.2) is 4.34 Å². The van der Waals surface area contributed by atoms with Gasteiger partial charge in [-0.1, -0.05) is 23.4 Å². The Kier molecular flexibility index (Phi) is 3.14. The lowest BCUT2D eigenvalue weighted by molar-refractivity contribution is -0.301. The second-order valence-corrected chi connectivity index (χ2v) is 5.44. The van der Waals surface area contributed by atoms with Gasteiger partial charge in [-0.3, -0.25) is 0 Å². The van der Waals surface area contributed by atoms with Gasteiger partial charge in [0.2, 0.25) is 0 Å². The second-order valence-electron chi connectivity index (χ2n) is 2.75. The van der Waals surface area contributed by atoms with Crippen LogP contribution in [0.2, 0.25) is 5.02 Å². The summed E-state index contributed by atoms with van der Waals surface area (Å²) in [6.45, 7) is 0. The summed E-state index contributed by atoms with van der Waals surface area (Å²) in [5.41, 5.74) is 0.799. The Morgan fingerprint density at radius 2 is 2.40 bits per heavy atom. The van der Waals surface area contributed by atoms with Crippen LogP contribution in [0.1, 0.15) is 0 Å². The molecule has 0 fully saturated rings. The van der Waals surface area contributed by atoms with Gasteiger partial charge in [0.1, 0.15) is 0 Å². The van der Waals surface area contributed by atoms with Crippen LogP contribution in [0, 0.1) is 0 Å². The zero-order chi connectivity index (χ0) is 10.8. The molecule has 3 nitrogen and oxygen atoms in total. The van der Waals surface area contributed by atoms with Crippen molar-refractivity contribution in [2.75, 3.05) is 5.75 Å². The van der Waals surface area contributed by atoms with Gasteiger partial charge in [0, 0.05) is 10.8 Å². The number of rotatable bonds is 3. The number of carbonyl (C=O) groups excluding carboxylic acids is 1. The first kappa shape index (κ1) is 10.7. The van der Waals surface area contributed by atoms with E-state index in [2.05, 4.69) is 4.98 Å². The molecule has 0 aliphatic rings. The zero-order valence-corrected chi connectivity index (χ0v) is 9.79. The van der Waals surface area contributed by atoms with Crippen LogP contribution in [0.25, 0.3) is 10.2 Å². The first-order chi connectivity index (χ1) is 7.15. The van der Waals surface area contributed by atoms with Crippen molar-refractivity contribution in [1.82, 2.24) is 4.98 Å². The molecule has 0 radical (unpaired) electrons. The zero-order valence-electron chi connectivity index (χ0n) is 7.40. The van der Waals surface area contributed by atoms with Gasteiger partial charge in [-0.2, -0.15) is 0 Å². The lowest BCUT2D eigenvalue weighted by Gasteiger charge is -1.96. The minimum absolute atomic E-state index is 0.0758. The van der Waals surface area contributed by atoms with Crippen LogP contribution in [-0.4, -0.2) is 16.7 Å². The number of benzene rings is 1. The number of carbonyl (C=O) groups is 1. The largest absolute Gasteiger partial charge is 0.549 e. The molecule has 2 rings (SSSR count). The molecule has 0 saturated heterocycles. The maximum Gasteiger partial charge on any atom is 0.151 e. The van der Waals surface area contributed by atoms with Crippen molar-refractivity contribution in [3.05, 3.63) is 23.2 Å². The molecule has 1 heterocycles. The number of aliphatic carboxylic acids is 1. The van der Waals surface area contributed by atoms with Crippen molar-refractivity contribution in [3.63, 3.8) is 0 Å². The van der Waals surface area contributed by atoms with Gasteiger partial charge in [-0.15, -0.1) is 11.3 Å². The highest BCUT2D eigenvalue weighted by molar-refractivity contribution is 8.01. The molecular weight excluding hydrogens is 254 g/mol. The van der Waals surface area contributed by atoms with Crippen molar-refractivity contribution in [2.45, 2.75) is 4.34 Å². The highest BCUT2D eigenvalue weighted by atomic mass is 35.5. The van der Waals surface area contributed by atoms with Crippen molar-refractivity contribution < 1.29 is 9.90 Å². The van der Waals surface area contributed by atoms with E-state index < -0.39 is 5.97 Å². The molecule has 0 spiro atoms. The number of thiazole rings is 1. The fraction of sp³-hybridized carbons (Fsp3) is 0.111. The number of fused-ring (bicyclic) bond motifs is 1. The van der Waals surface area contributed by atoms with Crippen LogP contribution in [0.15, 0.2) is 22.5 Å². The molecule has 6 heteroatoms. The Bertz CT molecular complexity index is 512. The third kappa shape index (κ3) is 2.62. The van der Waals surface area contributed by atoms with E-state index in [9.17, 15) is 9.90 Å². The third-order valence-electron chi connectivity index (χ3n) is 1.64. The van der Waals surface area contributed by atoms with E-state index in [0.29, 0.717) is 5.02 Å². The number of carboxylic acid groups (broad SMARTS) is 1. The van der Waals surface area contributed by atoms with Gasteiger partial charge in [0.05, 0.1) is 16.2 Å². The predicted octanol–water partition coefficient (Wildman–Crippen LogP) is 1.79. The third-order valence-corrected chi connectivity index (χ3v) is 4.03. The molecule has 0 amide bonds. The minimum Gasteiger partial charge on any atom is -0.549 e.